The number of hydrogen-bond acceptors (Lipinski definition) is 3. The van der Waals surface area contributed by atoms with Gasteiger partial charge in [0, 0.05) is 38.0 Å². The van der Waals surface area contributed by atoms with Gasteiger partial charge in [-0.15, -0.1) is 0 Å². The Morgan fingerprint density at radius 1 is 1.30 bits per heavy atom. The summed E-state index contributed by atoms with van der Waals surface area (Å²) in [5, 5.41) is 16.9. The van der Waals surface area contributed by atoms with Gasteiger partial charge in [-0.25, -0.2) is 0 Å². The fourth-order valence-electron chi connectivity index (χ4n) is 2.37. The van der Waals surface area contributed by atoms with E-state index in [9.17, 15) is 5.11 Å². The molecule has 1 atom stereocenters. The molecular formula is C16H23N3O. The lowest BCUT2D eigenvalue weighted by Gasteiger charge is -2.17. The molecule has 0 fully saturated rings. The van der Waals surface area contributed by atoms with Crippen molar-refractivity contribution < 1.29 is 5.11 Å². The number of rotatable bonds is 7. The van der Waals surface area contributed by atoms with E-state index in [-0.39, 0.29) is 6.61 Å². The van der Waals surface area contributed by atoms with Crippen molar-refractivity contribution in [2.24, 2.45) is 7.05 Å². The van der Waals surface area contributed by atoms with Gasteiger partial charge in [-0.1, -0.05) is 30.3 Å². The van der Waals surface area contributed by atoms with Crippen LogP contribution >= 0.6 is 0 Å². The van der Waals surface area contributed by atoms with E-state index < -0.39 is 0 Å². The Hall–Kier alpha value is -1.65. The summed E-state index contributed by atoms with van der Waals surface area (Å²) in [5.74, 6) is 0.346. The van der Waals surface area contributed by atoms with Gasteiger partial charge in [0.05, 0.1) is 6.20 Å². The minimum absolute atomic E-state index is 0.215. The molecule has 20 heavy (non-hydrogen) atoms. The standard InChI is InChI=1S/C16H23N3O/c1-13-16(12-18-19(13)2)11-17-10-15(8-9-20)14-6-4-3-5-7-14/h3-7,12,15,17,20H,8-11H2,1-2H3. The largest absolute Gasteiger partial charge is 0.396 e. The lowest BCUT2D eigenvalue weighted by atomic mass is 9.96. The molecule has 108 valence electrons. The van der Waals surface area contributed by atoms with E-state index in [1.807, 2.05) is 36.1 Å². The van der Waals surface area contributed by atoms with Crippen molar-refractivity contribution in [3.05, 3.63) is 53.3 Å². The molecule has 1 heterocycles. The topological polar surface area (TPSA) is 50.1 Å². The van der Waals surface area contributed by atoms with Crippen LogP contribution in [0.15, 0.2) is 36.5 Å². The van der Waals surface area contributed by atoms with E-state index in [1.54, 1.807) is 0 Å². The maximum Gasteiger partial charge on any atom is 0.0537 e. The van der Waals surface area contributed by atoms with Crippen LogP contribution in [-0.4, -0.2) is 28.0 Å². The van der Waals surface area contributed by atoms with Crippen molar-refractivity contribution in [3.63, 3.8) is 0 Å². The van der Waals surface area contributed by atoms with Crippen LogP contribution in [0.2, 0.25) is 0 Å². The highest BCUT2D eigenvalue weighted by atomic mass is 16.3. The van der Waals surface area contributed by atoms with Crippen molar-refractivity contribution in [1.29, 1.82) is 0 Å². The first kappa shape index (κ1) is 14.8. The van der Waals surface area contributed by atoms with Crippen molar-refractivity contribution >= 4 is 0 Å². The smallest absolute Gasteiger partial charge is 0.0537 e. The van der Waals surface area contributed by atoms with Crippen molar-refractivity contribution in [2.45, 2.75) is 25.8 Å². The summed E-state index contributed by atoms with van der Waals surface area (Å²) in [6.45, 7) is 3.97. The minimum atomic E-state index is 0.215. The van der Waals surface area contributed by atoms with Crippen molar-refractivity contribution in [3.8, 4) is 0 Å². The van der Waals surface area contributed by atoms with Gasteiger partial charge in [-0.3, -0.25) is 4.68 Å². The van der Waals surface area contributed by atoms with Gasteiger partial charge in [0.1, 0.15) is 0 Å². The Bertz CT molecular complexity index is 522. The molecule has 0 radical (unpaired) electrons. The third kappa shape index (κ3) is 3.68. The molecule has 0 amide bonds. The Labute approximate surface area is 120 Å². The summed E-state index contributed by atoms with van der Waals surface area (Å²) in [6, 6.07) is 10.4. The predicted molar refractivity (Wildman–Crippen MR) is 80.5 cm³/mol. The maximum atomic E-state index is 9.22. The number of nitrogens with zero attached hydrogens (tertiary/aromatic N) is 2. The molecule has 2 N–H and O–H groups in total. The first-order valence-corrected chi connectivity index (χ1v) is 7.06. The first-order chi connectivity index (χ1) is 9.72. The second kappa shape index (κ2) is 7.22. The van der Waals surface area contributed by atoms with Gasteiger partial charge in [0.2, 0.25) is 0 Å². The Kier molecular flexibility index (Phi) is 5.32. The Morgan fingerprint density at radius 3 is 2.65 bits per heavy atom. The number of hydrogen-bond donors (Lipinski definition) is 2. The van der Waals surface area contributed by atoms with E-state index in [0.29, 0.717) is 5.92 Å². The summed E-state index contributed by atoms with van der Waals surface area (Å²) in [5.41, 5.74) is 3.69. The average molecular weight is 273 g/mol. The summed E-state index contributed by atoms with van der Waals surface area (Å²) in [4.78, 5) is 0. The Morgan fingerprint density at radius 2 is 2.05 bits per heavy atom. The molecule has 0 saturated carbocycles. The van der Waals surface area contributed by atoms with E-state index in [2.05, 4.69) is 29.5 Å². The normalized spacial score (nSPS) is 12.6. The van der Waals surface area contributed by atoms with Crippen molar-refractivity contribution in [1.82, 2.24) is 15.1 Å². The number of nitrogens with one attached hydrogen (secondary N) is 1. The van der Waals surface area contributed by atoms with Crippen LogP contribution in [0.4, 0.5) is 0 Å². The number of aryl methyl sites for hydroxylation is 1. The highest BCUT2D eigenvalue weighted by molar-refractivity contribution is 5.20. The molecule has 0 aliphatic heterocycles. The van der Waals surface area contributed by atoms with Crippen LogP contribution in [0.5, 0.6) is 0 Å². The van der Waals surface area contributed by atoms with Gasteiger partial charge in [-0.2, -0.15) is 5.10 Å². The molecule has 0 bridgehead atoms. The SMILES string of the molecule is Cc1c(CNCC(CCO)c2ccccc2)cnn1C. The van der Waals surface area contributed by atoms with E-state index in [0.717, 1.165) is 19.5 Å². The molecule has 0 aliphatic carbocycles. The molecule has 0 saturated heterocycles. The van der Waals surface area contributed by atoms with Crippen LogP contribution in [0.1, 0.15) is 29.2 Å². The second-order valence-electron chi connectivity index (χ2n) is 5.13. The van der Waals surface area contributed by atoms with Gasteiger partial charge < -0.3 is 10.4 Å². The van der Waals surface area contributed by atoms with Crippen molar-refractivity contribution in [2.75, 3.05) is 13.2 Å². The summed E-state index contributed by atoms with van der Waals surface area (Å²) in [6.07, 6.45) is 2.69. The summed E-state index contributed by atoms with van der Waals surface area (Å²) >= 11 is 0. The zero-order valence-electron chi connectivity index (χ0n) is 12.2. The van der Waals surface area contributed by atoms with E-state index in [1.165, 1.54) is 16.8 Å². The molecule has 0 aliphatic rings. The summed E-state index contributed by atoms with van der Waals surface area (Å²) < 4.78 is 1.89. The number of aliphatic hydroxyl groups excluding tert-OH is 1. The molecule has 4 nitrogen and oxygen atoms in total. The monoisotopic (exact) mass is 273 g/mol. The van der Waals surface area contributed by atoms with Crippen LogP contribution in [-0.2, 0) is 13.6 Å². The van der Waals surface area contributed by atoms with E-state index >= 15 is 0 Å². The first-order valence-electron chi connectivity index (χ1n) is 7.06. The predicted octanol–water partition coefficient (Wildman–Crippen LogP) is 1.98. The maximum absolute atomic E-state index is 9.22. The highest BCUT2D eigenvalue weighted by Crippen LogP contribution is 2.18. The quantitative estimate of drug-likeness (QED) is 0.811. The molecule has 1 aromatic heterocycles. The molecule has 0 spiro atoms. The molecule has 1 aromatic carbocycles. The fraction of sp³-hybridized carbons (Fsp3) is 0.438. The molecular weight excluding hydrogens is 250 g/mol. The number of benzene rings is 1. The molecule has 2 rings (SSSR count). The molecule has 4 heteroatoms. The van der Waals surface area contributed by atoms with Gasteiger partial charge in [-0.05, 0) is 24.8 Å². The molecule has 1 unspecified atom stereocenters. The lowest BCUT2D eigenvalue weighted by molar-refractivity contribution is 0.273. The van der Waals surface area contributed by atoms with Crippen LogP contribution in [0, 0.1) is 6.92 Å². The fourth-order valence-corrected chi connectivity index (χ4v) is 2.37. The third-order valence-corrected chi connectivity index (χ3v) is 3.79. The van der Waals surface area contributed by atoms with Gasteiger partial charge >= 0.3 is 0 Å². The zero-order valence-corrected chi connectivity index (χ0v) is 12.2. The second-order valence-corrected chi connectivity index (χ2v) is 5.13. The van der Waals surface area contributed by atoms with Crippen LogP contribution < -0.4 is 5.32 Å². The summed E-state index contributed by atoms with van der Waals surface area (Å²) in [7, 11) is 1.96. The van der Waals surface area contributed by atoms with Crippen LogP contribution in [0.25, 0.3) is 0 Å². The Balaban J connectivity index is 1.91. The van der Waals surface area contributed by atoms with E-state index in [4.69, 9.17) is 0 Å². The van der Waals surface area contributed by atoms with Crippen LogP contribution in [0.3, 0.4) is 0 Å². The lowest BCUT2D eigenvalue weighted by Crippen LogP contribution is -2.22. The third-order valence-electron chi connectivity index (χ3n) is 3.79. The number of aromatic nitrogens is 2. The van der Waals surface area contributed by atoms with Gasteiger partial charge in [0.25, 0.3) is 0 Å². The molecule has 2 aromatic rings. The van der Waals surface area contributed by atoms with Gasteiger partial charge in [0.15, 0.2) is 0 Å². The zero-order chi connectivity index (χ0) is 14.4. The highest BCUT2D eigenvalue weighted by Gasteiger charge is 2.11. The number of aliphatic hydroxyl groups is 1. The minimum Gasteiger partial charge on any atom is -0.396 e. The average Bonchev–Trinajstić information content (AvgIpc) is 2.79.